The maximum atomic E-state index is 12.7. The molecule has 1 aromatic heterocycles. The first-order valence-electron chi connectivity index (χ1n) is 10.5. The Bertz CT molecular complexity index is 793. The van der Waals surface area contributed by atoms with Crippen LogP contribution in [0.15, 0.2) is 23.1 Å². The van der Waals surface area contributed by atoms with Crippen molar-refractivity contribution in [2.75, 3.05) is 26.2 Å². The van der Waals surface area contributed by atoms with Crippen molar-refractivity contribution in [3.8, 4) is 0 Å². The van der Waals surface area contributed by atoms with Crippen molar-refractivity contribution in [2.45, 2.75) is 50.6 Å². The summed E-state index contributed by atoms with van der Waals surface area (Å²) in [6.07, 6.45) is 7.79. The third-order valence-corrected chi connectivity index (χ3v) is 6.37. The van der Waals surface area contributed by atoms with Crippen molar-refractivity contribution in [3.63, 3.8) is 0 Å². The Morgan fingerprint density at radius 3 is 2.50 bits per heavy atom. The first kappa shape index (κ1) is 19.2. The van der Waals surface area contributed by atoms with Crippen molar-refractivity contribution in [1.29, 1.82) is 0 Å². The van der Waals surface area contributed by atoms with Crippen LogP contribution in [0.2, 0.25) is 0 Å². The molecule has 1 N–H and O–H groups in total. The van der Waals surface area contributed by atoms with E-state index in [2.05, 4.69) is 10.2 Å². The number of piperidine rings is 2. The number of aromatic nitrogens is 1. The minimum atomic E-state index is -0.162. The van der Waals surface area contributed by atoms with Gasteiger partial charge in [0.2, 0.25) is 5.91 Å². The molecule has 7 nitrogen and oxygen atoms in total. The third kappa shape index (κ3) is 4.29. The van der Waals surface area contributed by atoms with E-state index in [0.717, 1.165) is 51.6 Å². The number of aryl methyl sites for hydroxylation is 1. The van der Waals surface area contributed by atoms with Crippen molar-refractivity contribution in [2.24, 2.45) is 13.0 Å². The van der Waals surface area contributed by atoms with E-state index < -0.39 is 0 Å². The molecule has 1 aromatic rings. The molecule has 1 saturated carbocycles. The van der Waals surface area contributed by atoms with E-state index in [1.807, 2.05) is 4.90 Å². The summed E-state index contributed by atoms with van der Waals surface area (Å²) >= 11 is 0. The van der Waals surface area contributed by atoms with Gasteiger partial charge in [0.25, 0.3) is 11.5 Å². The number of rotatable bonds is 4. The lowest BCUT2D eigenvalue weighted by atomic mass is 9.93. The Morgan fingerprint density at radius 1 is 1.07 bits per heavy atom. The van der Waals surface area contributed by atoms with Gasteiger partial charge in [0.15, 0.2) is 0 Å². The summed E-state index contributed by atoms with van der Waals surface area (Å²) in [4.78, 5) is 41.2. The van der Waals surface area contributed by atoms with Crippen LogP contribution in [-0.2, 0) is 11.8 Å². The lowest BCUT2D eigenvalue weighted by Crippen LogP contribution is -2.51. The molecule has 1 aliphatic carbocycles. The summed E-state index contributed by atoms with van der Waals surface area (Å²) in [5.74, 6) is 0.275. The Kier molecular flexibility index (Phi) is 5.53. The summed E-state index contributed by atoms with van der Waals surface area (Å²) in [6.45, 7) is 3.29. The largest absolute Gasteiger partial charge is 0.353 e. The minimum absolute atomic E-state index is 0.0588. The maximum Gasteiger partial charge on any atom is 0.254 e. The highest BCUT2D eigenvalue weighted by molar-refractivity contribution is 5.94. The van der Waals surface area contributed by atoms with Crippen LogP contribution in [0.25, 0.3) is 0 Å². The van der Waals surface area contributed by atoms with E-state index in [1.54, 1.807) is 19.3 Å². The zero-order chi connectivity index (χ0) is 19.7. The molecule has 2 saturated heterocycles. The van der Waals surface area contributed by atoms with Gasteiger partial charge in [-0.05, 0) is 51.1 Å². The molecule has 152 valence electrons. The van der Waals surface area contributed by atoms with Gasteiger partial charge < -0.3 is 14.8 Å². The molecule has 3 aliphatic rings. The predicted molar refractivity (Wildman–Crippen MR) is 106 cm³/mol. The number of carbonyl (C=O) groups is 2. The molecule has 28 heavy (non-hydrogen) atoms. The number of nitrogens with zero attached hydrogens (tertiary/aromatic N) is 3. The van der Waals surface area contributed by atoms with Gasteiger partial charge in [-0.25, -0.2) is 0 Å². The fourth-order valence-electron chi connectivity index (χ4n) is 4.40. The third-order valence-electron chi connectivity index (χ3n) is 6.37. The van der Waals surface area contributed by atoms with Gasteiger partial charge in [0, 0.05) is 56.6 Å². The molecule has 2 aliphatic heterocycles. The molecule has 0 radical (unpaired) electrons. The summed E-state index contributed by atoms with van der Waals surface area (Å²) in [5.41, 5.74) is 0.306. The molecule has 0 bridgehead atoms. The fourth-order valence-corrected chi connectivity index (χ4v) is 4.40. The number of hydrogen-bond donors (Lipinski definition) is 1. The first-order valence-corrected chi connectivity index (χ1v) is 10.5. The second-order valence-corrected chi connectivity index (χ2v) is 8.50. The second-order valence-electron chi connectivity index (χ2n) is 8.50. The first-order chi connectivity index (χ1) is 13.5. The molecule has 1 atom stereocenters. The standard InChI is InChI=1S/C21H30N4O3/c1-23-10-6-15(13-19(23)26)21(28)24-11-7-18(8-12-24)25-9-2-3-16(14-25)20(27)22-17-4-5-17/h6,10,13,16-18H,2-5,7-9,11-12,14H2,1H3,(H,22,27). The van der Waals surface area contributed by atoms with E-state index in [4.69, 9.17) is 0 Å². The molecule has 0 aromatic carbocycles. The number of nitrogens with one attached hydrogen (secondary N) is 1. The monoisotopic (exact) mass is 386 g/mol. The van der Waals surface area contributed by atoms with Crippen LogP contribution in [-0.4, -0.2) is 64.4 Å². The van der Waals surface area contributed by atoms with E-state index in [9.17, 15) is 14.4 Å². The van der Waals surface area contributed by atoms with Crippen molar-refractivity contribution in [3.05, 3.63) is 34.2 Å². The smallest absolute Gasteiger partial charge is 0.254 e. The van der Waals surface area contributed by atoms with E-state index >= 15 is 0 Å². The van der Waals surface area contributed by atoms with Gasteiger partial charge in [0.1, 0.15) is 0 Å². The highest BCUT2D eigenvalue weighted by Gasteiger charge is 2.34. The zero-order valence-electron chi connectivity index (χ0n) is 16.6. The summed E-state index contributed by atoms with van der Waals surface area (Å²) in [5, 5.41) is 3.15. The van der Waals surface area contributed by atoms with Crippen molar-refractivity contribution < 1.29 is 9.59 Å². The van der Waals surface area contributed by atoms with Crippen molar-refractivity contribution >= 4 is 11.8 Å². The topological polar surface area (TPSA) is 74.7 Å². The van der Waals surface area contributed by atoms with E-state index in [0.29, 0.717) is 30.7 Å². The van der Waals surface area contributed by atoms with Crippen LogP contribution >= 0.6 is 0 Å². The molecular weight excluding hydrogens is 356 g/mol. The molecule has 2 amide bonds. The SMILES string of the molecule is Cn1ccc(C(=O)N2CCC(N3CCCC(C(=O)NC4CC4)C3)CC2)cc1=O. The predicted octanol–water partition coefficient (Wildman–Crippen LogP) is 0.981. The van der Waals surface area contributed by atoms with Gasteiger partial charge in [-0.1, -0.05) is 0 Å². The van der Waals surface area contributed by atoms with Gasteiger partial charge in [-0.15, -0.1) is 0 Å². The highest BCUT2D eigenvalue weighted by Crippen LogP contribution is 2.26. The Labute approximate surface area is 165 Å². The van der Waals surface area contributed by atoms with Gasteiger partial charge in [-0.2, -0.15) is 0 Å². The molecule has 1 unspecified atom stereocenters. The summed E-state index contributed by atoms with van der Waals surface area (Å²) in [7, 11) is 1.68. The lowest BCUT2D eigenvalue weighted by Gasteiger charge is -2.42. The number of pyridine rings is 1. The van der Waals surface area contributed by atoms with Gasteiger partial charge >= 0.3 is 0 Å². The van der Waals surface area contributed by atoms with Crippen molar-refractivity contribution in [1.82, 2.24) is 19.7 Å². The average Bonchev–Trinajstić information content (AvgIpc) is 3.54. The average molecular weight is 386 g/mol. The van der Waals surface area contributed by atoms with Crippen LogP contribution in [0.5, 0.6) is 0 Å². The van der Waals surface area contributed by atoms with Crippen LogP contribution in [0.3, 0.4) is 0 Å². The quantitative estimate of drug-likeness (QED) is 0.837. The van der Waals surface area contributed by atoms with Crippen LogP contribution in [0, 0.1) is 5.92 Å². The van der Waals surface area contributed by atoms with Gasteiger partial charge in [-0.3, -0.25) is 19.3 Å². The second kappa shape index (κ2) is 8.07. The Morgan fingerprint density at radius 2 is 1.82 bits per heavy atom. The highest BCUT2D eigenvalue weighted by atomic mass is 16.2. The Balaban J connectivity index is 1.30. The maximum absolute atomic E-state index is 12.7. The lowest BCUT2D eigenvalue weighted by molar-refractivity contribution is -0.127. The van der Waals surface area contributed by atoms with Crippen LogP contribution < -0.4 is 10.9 Å². The zero-order valence-corrected chi connectivity index (χ0v) is 16.6. The number of carbonyl (C=O) groups excluding carboxylic acids is 2. The molecule has 3 fully saturated rings. The van der Waals surface area contributed by atoms with Crippen LogP contribution in [0.1, 0.15) is 48.9 Å². The van der Waals surface area contributed by atoms with Gasteiger partial charge in [0.05, 0.1) is 5.92 Å². The molecule has 0 spiro atoms. The van der Waals surface area contributed by atoms with E-state index in [-0.39, 0.29) is 23.3 Å². The summed E-state index contributed by atoms with van der Waals surface area (Å²) in [6, 6.07) is 3.99. The molecule has 3 heterocycles. The fraction of sp³-hybridized carbons (Fsp3) is 0.667. The Hall–Kier alpha value is -2.15. The normalized spacial score (nSPS) is 24.2. The number of amides is 2. The van der Waals surface area contributed by atoms with Crippen LogP contribution in [0.4, 0.5) is 0 Å². The molecular formula is C21H30N4O3. The van der Waals surface area contributed by atoms with E-state index in [1.165, 1.54) is 10.6 Å². The number of likely N-dealkylation sites (tertiary alicyclic amines) is 2. The minimum Gasteiger partial charge on any atom is -0.353 e. The summed E-state index contributed by atoms with van der Waals surface area (Å²) < 4.78 is 1.47. The molecule has 7 heteroatoms. The number of hydrogen-bond acceptors (Lipinski definition) is 4. The molecule has 4 rings (SSSR count).